The predicted molar refractivity (Wildman–Crippen MR) is 76.8 cm³/mol. The molecule has 0 saturated heterocycles. The number of hydrogen-bond acceptors (Lipinski definition) is 3. The summed E-state index contributed by atoms with van der Waals surface area (Å²) < 4.78 is 1.04. The minimum absolute atomic E-state index is 0.0313. The van der Waals surface area contributed by atoms with Gasteiger partial charge in [-0.1, -0.05) is 28.1 Å². The quantitative estimate of drug-likeness (QED) is 0.942. The van der Waals surface area contributed by atoms with Gasteiger partial charge in [0.1, 0.15) is 5.69 Å². The highest BCUT2D eigenvalue weighted by Crippen LogP contribution is 2.13. The average Bonchev–Trinajstić information content (AvgIpc) is 2.39. The Morgan fingerprint density at radius 1 is 1.42 bits per heavy atom. The Balaban J connectivity index is 1.95. The monoisotopic (exact) mass is 319 g/mol. The zero-order valence-electron chi connectivity index (χ0n) is 10.5. The maximum Gasteiger partial charge on any atom is 0.271 e. The topological polar surface area (TPSA) is 54.9 Å². The van der Waals surface area contributed by atoms with Gasteiger partial charge in [0.15, 0.2) is 0 Å². The molecule has 2 rings (SSSR count). The minimum atomic E-state index is -0.199. The first-order valence-corrected chi connectivity index (χ1v) is 6.76. The Labute approximate surface area is 120 Å². The van der Waals surface area contributed by atoms with Gasteiger partial charge >= 0.3 is 0 Å². The van der Waals surface area contributed by atoms with Crippen molar-refractivity contribution in [2.75, 3.05) is 0 Å². The molecule has 1 atom stereocenters. The molecule has 1 heterocycles. The summed E-state index contributed by atoms with van der Waals surface area (Å²) in [6.07, 6.45) is 5.28. The van der Waals surface area contributed by atoms with Crippen molar-refractivity contribution in [3.63, 3.8) is 0 Å². The third-order valence-electron chi connectivity index (χ3n) is 2.60. The number of hydrogen-bond donors (Lipinski definition) is 1. The standard InChI is InChI=1S/C14H14BrN3O/c1-10(7-11-3-2-4-12(15)8-11)18-14(19)13-9-16-5-6-17-13/h2-6,8-10H,7H2,1H3,(H,18,19). The second-order valence-corrected chi connectivity index (χ2v) is 5.21. The Kier molecular flexibility index (Phi) is 4.63. The summed E-state index contributed by atoms with van der Waals surface area (Å²) in [5.74, 6) is -0.199. The maximum absolute atomic E-state index is 11.9. The lowest BCUT2D eigenvalue weighted by Gasteiger charge is -2.13. The normalized spacial score (nSPS) is 11.9. The van der Waals surface area contributed by atoms with Gasteiger partial charge in [-0.25, -0.2) is 4.98 Å². The molecule has 1 aromatic carbocycles. The zero-order chi connectivity index (χ0) is 13.7. The summed E-state index contributed by atoms with van der Waals surface area (Å²) >= 11 is 3.43. The Bertz CT molecular complexity index is 560. The van der Waals surface area contributed by atoms with E-state index in [1.165, 1.54) is 18.0 Å². The molecule has 1 amide bonds. The minimum Gasteiger partial charge on any atom is -0.348 e. The van der Waals surface area contributed by atoms with Crippen molar-refractivity contribution in [1.82, 2.24) is 15.3 Å². The third-order valence-corrected chi connectivity index (χ3v) is 3.10. The van der Waals surface area contributed by atoms with E-state index < -0.39 is 0 Å². The van der Waals surface area contributed by atoms with Gasteiger partial charge in [0, 0.05) is 22.9 Å². The van der Waals surface area contributed by atoms with Gasteiger partial charge in [0.2, 0.25) is 0 Å². The first-order valence-electron chi connectivity index (χ1n) is 5.96. The molecule has 5 heteroatoms. The van der Waals surface area contributed by atoms with Crippen LogP contribution in [0.3, 0.4) is 0 Å². The molecule has 98 valence electrons. The predicted octanol–water partition coefficient (Wildman–Crippen LogP) is 2.60. The smallest absolute Gasteiger partial charge is 0.271 e. The summed E-state index contributed by atoms with van der Waals surface area (Å²) in [5, 5.41) is 2.91. The number of aromatic nitrogens is 2. The number of nitrogens with zero attached hydrogens (tertiary/aromatic N) is 2. The van der Waals surface area contributed by atoms with Crippen LogP contribution in [0.2, 0.25) is 0 Å². The SMILES string of the molecule is CC(Cc1cccc(Br)c1)NC(=O)c1cnccn1. The molecular formula is C14H14BrN3O. The van der Waals surface area contributed by atoms with Crippen LogP contribution in [0.25, 0.3) is 0 Å². The third kappa shape index (κ3) is 4.13. The van der Waals surface area contributed by atoms with Crippen molar-refractivity contribution < 1.29 is 4.79 Å². The molecule has 19 heavy (non-hydrogen) atoms. The molecular weight excluding hydrogens is 306 g/mol. The van der Waals surface area contributed by atoms with Gasteiger partial charge in [-0.2, -0.15) is 0 Å². The first-order chi connectivity index (χ1) is 9.15. The van der Waals surface area contributed by atoms with Crippen molar-refractivity contribution in [3.8, 4) is 0 Å². The van der Waals surface area contributed by atoms with Crippen molar-refractivity contribution in [2.45, 2.75) is 19.4 Å². The fourth-order valence-corrected chi connectivity index (χ4v) is 2.23. The number of rotatable bonds is 4. The number of carbonyl (C=O) groups excluding carboxylic acids is 1. The van der Waals surface area contributed by atoms with Crippen LogP contribution in [0.15, 0.2) is 47.3 Å². The zero-order valence-corrected chi connectivity index (χ0v) is 12.1. The molecule has 0 spiro atoms. The van der Waals surface area contributed by atoms with Crippen LogP contribution in [0.5, 0.6) is 0 Å². The van der Waals surface area contributed by atoms with Crippen LogP contribution in [-0.4, -0.2) is 21.9 Å². The Morgan fingerprint density at radius 3 is 2.95 bits per heavy atom. The molecule has 1 N–H and O–H groups in total. The van der Waals surface area contributed by atoms with Crippen LogP contribution < -0.4 is 5.32 Å². The molecule has 0 fully saturated rings. The number of benzene rings is 1. The molecule has 0 aliphatic carbocycles. The van der Waals surface area contributed by atoms with E-state index >= 15 is 0 Å². The summed E-state index contributed by atoms with van der Waals surface area (Å²) in [7, 11) is 0. The lowest BCUT2D eigenvalue weighted by molar-refractivity contribution is 0.0934. The highest BCUT2D eigenvalue weighted by atomic mass is 79.9. The fourth-order valence-electron chi connectivity index (χ4n) is 1.78. The molecule has 0 saturated carbocycles. The van der Waals surface area contributed by atoms with Gasteiger partial charge < -0.3 is 5.32 Å². The molecule has 1 aromatic heterocycles. The van der Waals surface area contributed by atoms with E-state index in [1.807, 2.05) is 31.2 Å². The lowest BCUT2D eigenvalue weighted by atomic mass is 10.1. The summed E-state index contributed by atoms with van der Waals surface area (Å²) in [4.78, 5) is 19.7. The number of amides is 1. The van der Waals surface area contributed by atoms with Crippen LogP contribution in [-0.2, 0) is 6.42 Å². The molecule has 0 aliphatic rings. The van der Waals surface area contributed by atoms with E-state index in [2.05, 4.69) is 31.2 Å². The van der Waals surface area contributed by atoms with E-state index in [9.17, 15) is 4.79 Å². The number of carbonyl (C=O) groups is 1. The molecule has 1 unspecified atom stereocenters. The second kappa shape index (κ2) is 6.43. The molecule has 0 aliphatic heterocycles. The molecule has 2 aromatic rings. The lowest BCUT2D eigenvalue weighted by Crippen LogP contribution is -2.34. The molecule has 4 nitrogen and oxygen atoms in total. The van der Waals surface area contributed by atoms with Crippen LogP contribution >= 0.6 is 15.9 Å². The number of nitrogens with one attached hydrogen (secondary N) is 1. The van der Waals surface area contributed by atoms with Crippen molar-refractivity contribution in [3.05, 3.63) is 58.6 Å². The Hall–Kier alpha value is -1.75. The number of halogens is 1. The van der Waals surface area contributed by atoms with Crippen LogP contribution in [0.4, 0.5) is 0 Å². The Morgan fingerprint density at radius 2 is 2.26 bits per heavy atom. The van der Waals surface area contributed by atoms with Gasteiger partial charge in [-0.15, -0.1) is 0 Å². The van der Waals surface area contributed by atoms with Crippen LogP contribution in [0.1, 0.15) is 23.0 Å². The summed E-state index contributed by atoms with van der Waals surface area (Å²) in [6, 6.07) is 8.08. The summed E-state index contributed by atoms with van der Waals surface area (Å²) in [6.45, 7) is 1.97. The average molecular weight is 320 g/mol. The van der Waals surface area contributed by atoms with Crippen molar-refractivity contribution in [2.24, 2.45) is 0 Å². The summed E-state index contributed by atoms with van der Waals surface area (Å²) in [5.41, 5.74) is 1.50. The van der Waals surface area contributed by atoms with E-state index in [0.717, 1.165) is 10.9 Å². The van der Waals surface area contributed by atoms with E-state index in [-0.39, 0.29) is 11.9 Å². The largest absolute Gasteiger partial charge is 0.348 e. The van der Waals surface area contributed by atoms with Crippen molar-refractivity contribution >= 4 is 21.8 Å². The van der Waals surface area contributed by atoms with E-state index in [0.29, 0.717) is 5.69 Å². The van der Waals surface area contributed by atoms with Gasteiger partial charge in [-0.05, 0) is 31.0 Å². The molecule has 0 radical (unpaired) electrons. The van der Waals surface area contributed by atoms with Gasteiger partial charge in [-0.3, -0.25) is 9.78 Å². The van der Waals surface area contributed by atoms with E-state index in [4.69, 9.17) is 0 Å². The van der Waals surface area contributed by atoms with Crippen LogP contribution in [0, 0.1) is 0 Å². The maximum atomic E-state index is 11.9. The van der Waals surface area contributed by atoms with Gasteiger partial charge in [0.25, 0.3) is 5.91 Å². The second-order valence-electron chi connectivity index (χ2n) is 4.30. The first kappa shape index (κ1) is 13.7. The highest BCUT2D eigenvalue weighted by molar-refractivity contribution is 9.10. The highest BCUT2D eigenvalue weighted by Gasteiger charge is 2.11. The van der Waals surface area contributed by atoms with Gasteiger partial charge in [0.05, 0.1) is 6.20 Å². The fraction of sp³-hybridized carbons (Fsp3) is 0.214. The molecule has 0 bridgehead atoms. The van der Waals surface area contributed by atoms with E-state index in [1.54, 1.807) is 6.20 Å². The van der Waals surface area contributed by atoms with Crippen molar-refractivity contribution in [1.29, 1.82) is 0 Å².